The second-order valence-corrected chi connectivity index (χ2v) is 9.51. The number of sulfonamides is 1. The van der Waals surface area contributed by atoms with Crippen molar-refractivity contribution >= 4 is 21.6 Å². The molecule has 2 aliphatic rings. The van der Waals surface area contributed by atoms with Crippen LogP contribution in [0, 0.1) is 17.7 Å². The second-order valence-electron chi connectivity index (χ2n) is 7.65. The first-order valence-electron chi connectivity index (χ1n) is 9.56. The topological polar surface area (TPSA) is 66.5 Å². The van der Waals surface area contributed by atoms with Gasteiger partial charge in [0, 0.05) is 6.04 Å². The molecule has 0 aliphatic heterocycles. The summed E-state index contributed by atoms with van der Waals surface area (Å²) in [5.41, 5.74) is 0.258. The van der Waals surface area contributed by atoms with Gasteiger partial charge in [0.1, 0.15) is 12.4 Å². The Balaban J connectivity index is 1.58. The summed E-state index contributed by atoms with van der Waals surface area (Å²) >= 11 is 0. The van der Waals surface area contributed by atoms with Crippen molar-refractivity contribution in [2.75, 3.05) is 10.8 Å². The van der Waals surface area contributed by atoms with Gasteiger partial charge in [-0.25, -0.2) is 12.8 Å². The Morgan fingerprint density at radius 3 is 2.36 bits per heavy atom. The average Bonchev–Trinajstić information content (AvgIpc) is 3.31. The lowest BCUT2D eigenvalue weighted by molar-refractivity contribution is -0.120. The zero-order valence-electron chi connectivity index (χ0n) is 15.4. The van der Waals surface area contributed by atoms with Crippen LogP contribution in [0.1, 0.15) is 25.7 Å². The Morgan fingerprint density at radius 1 is 1.04 bits per heavy atom. The smallest absolute Gasteiger partial charge is 0.264 e. The minimum Gasteiger partial charge on any atom is -0.352 e. The van der Waals surface area contributed by atoms with Gasteiger partial charge in [-0.2, -0.15) is 0 Å². The first kappa shape index (κ1) is 18.9. The van der Waals surface area contributed by atoms with Crippen LogP contribution in [0.3, 0.4) is 0 Å². The van der Waals surface area contributed by atoms with Crippen molar-refractivity contribution in [2.45, 2.75) is 36.6 Å². The van der Waals surface area contributed by atoms with E-state index in [9.17, 15) is 17.6 Å². The third-order valence-electron chi connectivity index (χ3n) is 5.82. The van der Waals surface area contributed by atoms with Gasteiger partial charge in [-0.3, -0.25) is 9.10 Å². The number of carbonyl (C=O) groups is 1. The number of hydrogen-bond acceptors (Lipinski definition) is 3. The predicted octanol–water partition coefficient (Wildman–Crippen LogP) is 3.33. The number of halogens is 1. The molecule has 2 bridgehead atoms. The molecule has 4 rings (SSSR count). The van der Waals surface area contributed by atoms with Crippen molar-refractivity contribution in [2.24, 2.45) is 11.8 Å². The number of fused-ring (bicyclic) bond motifs is 2. The molecule has 2 fully saturated rings. The van der Waals surface area contributed by atoms with Crippen LogP contribution in [0.25, 0.3) is 0 Å². The number of nitrogens with one attached hydrogen (secondary N) is 1. The summed E-state index contributed by atoms with van der Waals surface area (Å²) in [6.07, 6.45) is 4.47. The number of benzene rings is 2. The van der Waals surface area contributed by atoms with Crippen LogP contribution in [0.5, 0.6) is 0 Å². The highest BCUT2D eigenvalue weighted by Crippen LogP contribution is 2.44. The van der Waals surface area contributed by atoms with E-state index in [2.05, 4.69) is 5.32 Å². The van der Waals surface area contributed by atoms with E-state index >= 15 is 0 Å². The fourth-order valence-corrected chi connectivity index (χ4v) is 5.89. The van der Waals surface area contributed by atoms with Gasteiger partial charge in [0.25, 0.3) is 10.0 Å². The van der Waals surface area contributed by atoms with E-state index < -0.39 is 15.8 Å². The monoisotopic (exact) mass is 402 g/mol. The molecule has 0 unspecified atom stereocenters. The van der Waals surface area contributed by atoms with Crippen molar-refractivity contribution in [1.29, 1.82) is 0 Å². The van der Waals surface area contributed by atoms with Crippen molar-refractivity contribution in [1.82, 2.24) is 5.32 Å². The minimum absolute atomic E-state index is 0.0899. The molecule has 0 heterocycles. The molecule has 0 radical (unpaired) electrons. The zero-order chi connectivity index (χ0) is 19.7. The largest absolute Gasteiger partial charge is 0.352 e. The van der Waals surface area contributed by atoms with Crippen LogP contribution in [-0.2, 0) is 14.8 Å². The molecule has 0 aromatic heterocycles. The molecule has 1 amide bonds. The molecular formula is C21H23FN2O3S. The fraction of sp³-hybridized carbons (Fsp3) is 0.381. The summed E-state index contributed by atoms with van der Waals surface area (Å²) in [4.78, 5) is 12.8. The fourth-order valence-electron chi connectivity index (χ4n) is 4.45. The first-order valence-corrected chi connectivity index (χ1v) is 11.0. The van der Waals surface area contributed by atoms with Crippen molar-refractivity contribution < 1.29 is 17.6 Å². The van der Waals surface area contributed by atoms with E-state index in [0.29, 0.717) is 11.8 Å². The molecule has 3 atom stereocenters. The van der Waals surface area contributed by atoms with Crippen LogP contribution >= 0.6 is 0 Å². The highest BCUT2D eigenvalue weighted by Gasteiger charge is 2.40. The number of rotatable bonds is 6. The molecule has 2 saturated carbocycles. The van der Waals surface area contributed by atoms with Gasteiger partial charge in [-0.05, 0) is 67.5 Å². The third kappa shape index (κ3) is 3.76. The summed E-state index contributed by atoms with van der Waals surface area (Å²) in [6, 6.07) is 13.2. The van der Waals surface area contributed by atoms with Crippen LogP contribution < -0.4 is 9.62 Å². The Hall–Kier alpha value is -2.41. The molecule has 0 spiro atoms. The van der Waals surface area contributed by atoms with Crippen molar-refractivity contribution in [3.63, 3.8) is 0 Å². The molecule has 7 heteroatoms. The molecule has 2 aromatic carbocycles. The normalized spacial score (nSPS) is 23.5. The van der Waals surface area contributed by atoms with E-state index in [1.807, 2.05) is 0 Å². The van der Waals surface area contributed by atoms with Gasteiger partial charge < -0.3 is 5.32 Å². The lowest BCUT2D eigenvalue weighted by Crippen LogP contribution is -2.46. The zero-order valence-corrected chi connectivity index (χ0v) is 16.2. The maximum absolute atomic E-state index is 13.3. The summed E-state index contributed by atoms with van der Waals surface area (Å²) in [7, 11) is -3.96. The Kier molecular flexibility index (Phi) is 5.10. The molecule has 2 aliphatic carbocycles. The van der Waals surface area contributed by atoms with Gasteiger partial charge in [0.15, 0.2) is 0 Å². The maximum atomic E-state index is 13.3. The first-order chi connectivity index (χ1) is 13.4. The lowest BCUT2D eigenvalue weighted by atomic mass is 9.95. The Bertz CT molecular complexity index is 947. The minimum atomic E-state index is -3.96. The van der Waals surface area contributed by atoms with E-state index in [4.69, 9.17) is 0 Å². The standard InChI is InChI=1S/C21H23FN2O3S/c22-17-8-10-18(11-9-17)24(28(26,27)19-4-2-1-3-5-19)14-21(25)23-20-13-15-6-7-16(20)12-15/h1-5,8-11,15-16,20H,6-7,12-14H2,(H,23,25)/t15-,16-,20-/m1/s1. The van der Waals surface area contributed by atoms with Gasteiger partial charge in [-0.15, -0.1) is 0 Å². The van der Waals surface area contributed by atoms with E-state index in [0.717, 1.165) is 23.6 Å². The van der Waals surface area contributed by atoms with Gasteiger partial charge in [-0.1, -0.05) is 24.6 Å². The molecule has 28 heavy (non-hydrogen) atoms. The highest BCUT2D eigenvalue weighted by molar-refractivity contribution is 7.92. The maximum Gasteiger partial charge on any atom is 0.264 e. The summed E-state index contributed by atoms with van der Waals surface area (Å²) in [5, 5.41) is 3.03. The number of hydrogen-bond donors (Lipinski definition) is 1. The SMILES string of the molecule is O=C(CN(c1ccc(F)cc1)S(=O)(=O)c1ccccc1)N[C@@H]1C[C@@H]2CC[C@@H]1C2. The van der Waals surface area contributed by atoms with E-state index in [1.54, 1.807) is 18.2 Å². The summed E-state index contributed by atoms with van der Waals surface area (Å²) in [5.74, 6) is 0.379. The van der Waals surface area contributed by atoms with Crippen LogP contribution in [0.2, 0.25) is 0 Å². The number of amides is 1. The van der Waals surface area contributed by atoms with Crippen molar-refractivity contribution in [3.05, 3.63) is 60.4 Å². The van der Waals surface area contributed by atoms with Crippen LogP contribution in [-0.4, -0.2) is 26.9 Å². The van der Waals surface area contributed by atoms with Crippen LogP contribution in [0.4, 0.5) is 10.1 Å². The van der Waals surface area contributed by atoms with Crippen LogP contribution in [0.15, 0.2) is 59.5 Å². The Labute approximate surface area is 164 Å². The van der Waals surface area contributed by atoms with Gasteiger partial charge >= 0.3 is 0 Å². The average molecular weight is 402 g/mol. The van der Waals surface area contributed by atoms with Gasteiger partial charge in [0.2, 0.25) is 5.91 Å². The van der Waals surface area contributed by atoms with E-state index in [-0.39, 0.29) is 29.1 Å². The highest BCUT2D eigenvalue weighted by atomic mass is 32.2. The summed E-state index contributed by atoms with van der Waals surface area (Å²) < 4.78 is 40.7. The van der Waals surface area contributed by atoms with E-state index in [1.165, 1.54) is 42.8 Å². The molecule has 1 N–H and O–H groups in total. The molecule has 0 saturated heterocycles. The molecule has 148 valence electrons. The van der Waals surface area contributed by atoms with Gasteiger partial charge in [0.05, 0.1) is 10.6 Å². The lowest BCUT2D eigenvalue weighted by Gasteiger charge is -2.27. The molecule has 2 aromatic rings. The third-order valence-corrected chi connectivity index (χ3v) is 7.61. The second kappa shape index (κ2) is 7.54. The number of anilines is 1. The quantitative estimate of drug-likeness (QED) is 0.806. The number of carbonyl (C=O) groups excluding carboxylic acids is 1. The summed E-state index contributed by atoms with van der Waals surface area (Å²) in [6.45, 7) is -0.337. The number of nitrogens with zero attached hydrogens (tertiary/aromatic N) is 1. The Morgan fingerprint density at radius 2 is 1.75 bits per heavy atom. The van der Waals surface area contributed by atoms with Crippen molar-refractivity contribution in [3.8, 4) is 0 Å². The predicted molar refractivity (Wildman–Crippen MR) is 105 cm³/mol. The molecular weight excluding hydrogens is 379 g/mol. The molecule has 5 nitrogen and oxygen atoms in total.